The molecule has 0 fully saturated rings. The first-order valence-corrected chi connectivity index (χ1v) is 13.3. The molecule has 0 spiro atoms. The first-order valence-electron chi connectivity index (χ1n) is 13.3. The molecular formula is C29H36F3N3O3. The Balaban J connectivity index is 1.47. The van der Waals surface area contributed by atoms with Gasteiger partial charge >= 0.3 is 12.3 Å². The molecule has 206 valence electrons. The molecule has 38 heavy (non-hydrogen) atoms. The van der Waals surface area contributed by atoms with E-state index >= 15 is 0 Å². The highest BCUT2D eigenvalue weighted by Gasteiger charge is 2.30. The molecular weight excluding hydrogens is 495 g/mol. The summed E-state index contributed by atoms with van der Waals surface area (Å²) < 4.78 is 43.7. The van der Waals surface area contributed by atoms with Gasteiger partial charge in [-0.05, 0) is 29.7 Å². The van der Waals surface area contributed by atoms with Crippen LogP contribution in [0.1, 0.15) is 87.3 Å². The van der Waals surface area contributed by atoms with Crippen LogP contribution in [0.25, 0.3) is 11.4 Å². The van der Waals surface area contributed by atoms with Gasteiger partial charge < -0.3 is 9.63 Å². The van der Waals surface area contributed by atoms with Gasteiger partial charge in [-0.3, -0.25) is 4.90 Å². The zero-order valence-corrected chi connectivity index (χ0v) is 21.8. The van der Waals surface area contributed by atoms with Gasteiger partial charge in [0.2, 0.25) is 11.7 Å². The highest BCUT2D eigenvalue weighted by Crippen LogP contribution is 2.29. The molecule has 1 N–H and O–H groups in total. The monoisotopic (exact) mass is 531 g/mol. The number of hydrogen-bond donors (Lipinski definition) is 1. The van der Waals surface area contributed by atoms with E-state index in [1.165, 1.54) is 57.1 Å². The second kappa shape index (κ2) is 14.5. The molecule has 0 aliphatic rings. The van der Waals surface area contributed by atoms with Gasteiger partial charge in [0, 0.05) is 25.1 Å². The fourth-order valence-electron chi connectivity index (χ4n) is 4.25. The molecule has 0 aliphatic heterocycles. The second-order valence-electron chi connectivity index (χ2n) is 9.62. The number of carbonyl (C=O) groups is 1. The highest BCUT2D eigenvalue weighted by atomic mass is 19.4. The zero-order valence-electron chi connectivity index (χ0n) is 21.8. The average molecular weight is 532 g/mol. The molecule has 0 saturated carbocycles. The van der Waals surface area contributed by atoms with Gasteiger partial charge in [-0.2, -0.15) is 18.2 Å². The third-order valence-corrected chi connectivity index (χ3v) is 6.47. The minimum atomic E-state index is -4.43. The van der Waals surface area contributed by atoms with E-state index in [-0.39, 0.29) is 13.1 Å². The molecule has 0 saturated heterocycles. The number of aryl methyl sites for hydroxylation is 1. The Morgan fingerprint density at radius 1 is 0.842 bits per heavy atom. The number of amides is 1. The molecule has 1 heterocycles. The van der Waals surface area contributed by atoms with Gasteiger partial charge in [0.05, 0.1) is 5.56 Å². The SMILES string of the molecule is CCCCCCCCCCCc1nc(-c2ccc(CN(Cc3ccc(C(F)(F)F)cc3)C(=O)O)cc2)no1. The Bertz CT molecular complexity index is 1110. The maximum Gasteiger partial charge on any atom is 0.416 e. The molecule has 0 unspecified atom stereocenters. The number of benzene rings is 2. The summed E-state index contributed by atoms with van der Waals surface area (Å²) in [5.74, 6) is 1.10. The summed E-state index contributed by atoms with van der Waals surface area (Å²) in [4.78, 5) is 17.4. The number of nitrogens with zero attached hydrogens (tertiary/aromatic N) is 3. The fourth-order valence-corrected chi connectivity index (χ4v) is 4.25. The van der Waals surface area contributed by atoms with E-state index in [0.717, 1.165) is 47.4 Å². The van der Waals surface area contributed by atoms with Crippen molar-refractivity contribution in [2.75, 3.05) is 0 Å². The van der Waals surface area contributed by atoms with Crippen LogP contribution in [-0.2, 0) is 25.7 Å². The van der Waals surface area contributed by atoms with Crippen LogP contribution in [0.15, 0.2) is 53.1 Å². The lowest BCUT2D eigenvalue weighted by Crippen LogP contribution is -2.28. The summed E-state index contributed by atoms with van der Waals surface area (Å²) in [5, 5.41) is 13.7. The van der Waals surface area contributed by atoms with Crippen LogP contribution < -0.4 is 0 Å². The molecule has 1 aromatic heterocycles. The average Bonchev–Trinajstić information content (AvgIpc) is 3.36. The zero-order chi connectivity index (χ0) is 27.4. The summed E-state index contributed by atoms with van der Waals surface area (Å²) in [5.41, 5.74) is 1.21. The Labute approximate surface area is 221 Å². The first-order chi connectivity index (χ1) is 18.3. The van der Waals surface area contributed by atoms with Crippen molar-refractivity contribution in [1.82, 2.24) is 15.0 Å². The molecule has 3 aromatic rings. The summed E-state index contributed by atoms with van der Waals surface area (Å²) in [6, 6.07) is 11.7. The number of halogens is 3. The van der Waals surface area contributed by atoms with Crippen molar-refractivity contribution in [3.05, 3.63) is 71.1 Å². The van der Waals surface area contributed by atoms with E-state index in [1.807, 2.05) is 0 Å². The topological polar surface area (TPSA) is 79.5 Å². The molecule has 3 rings (SSSR count). The first kappa shape index (κ1) is 29.2. The lowest BCUT2D eigenvalue weighted by Gasteiger charge is -2.20. The van der Waals surface area contributed by atoms with Crippen molar-refractivity contribution in [3.63, 3.8) is 0 Å². The normalized spacial score (nSPS) is 11.6. The van der Waals surface area contributed by atoms with E-state index in [1.54, 1.807) is 24.3 Å². The molecule has 0 atom stereocenters. The van der Waals surface area contributed by atoms with Crippen LogP contribution in [0, 0.1) is 0 Å². The number of carboxylic acid groups (broad SMARTS) is 1. The van der Waals surface area contributed by atoms with Crippen LogP contribution in [0.4, 0.5) is 18.0 Å². The molecule has 1 amide bonds. The van der Waals surface area contributed by atoms with Gasteiger partial charge in [-0.25, -0.2) is 4.79 Å². The van der Waals surface area contributed by atoms with Gasteiger partial charge in [-0.15, -0.1) is 0 Å². The van der Waals surface area contributed by atoms with Gasteiger partial charge in [0.1, 0.15) is 0 Å². The lowest BCUT2D eigenvalue weighted by atomic mass is 10.1. The number of hydrogen-bond acceptors (Lipinski definition) is 4. The summed E-state index contributed by atoms with van der Waals surface area (Å²) in [6.07, 6.45) is 6.38. The van der Waals surface area contributed by atoms with E-state index in [2.05, 4.69) is 17.1 Å². The highest BCUT2D eigenvalue weighted by molar-refractivity contribution is 5.65. The van der Waals surface area contributed by atoms with E-state index in [0.29, 0.717) is 17.3 Å². The largest absolute Gasteiger partial charge is 0.465 e. The number of aromatic nitrogens is 2. The molecule has 0 aliphatic carbocycles. The number of unbranched alkanes of at least 4 members (excludes halogenated alkanes) is 8. The Kier molecular flexibility index (Phi) is 11.2. The summed E-state index contributed by atoms with van der Waals surface area (Å²) in [6.45, 7) is 2.29. The smallest absolute Gasteiger partial charge is 0.416 e. The minimum Gasteiger partial charge on any atom is -0.465 e. The third-order valence-electron chi connectivity index (χ3n) is 6.47. The number of alkyl halides is 3. The Morgan fingerprint density at radius 2 is 1.37 bits per heavy atom. The third kappa shape index (κ3) is 9.50. The van der Waals surface area contributed by atoms with E-state index in [4.69, 9.17) is 4.52 Å². The van der Waals surface area contributed by atoms with Gasteiger partial charge in [0.15, 0.2) is 0 Å². The standard InChI is InChI=1S/C29H36F3N3O3/c1-2-3-4-5-6-7-8-9-10-11-26-33-27(34-38-26)24-16-12-22(13-17-24)20-35(28(36)37)21-23-14-18-25(19-15-23)29(30,31)32/h12-19H,2-11,20-21H2,1H3,(H,36,37). The van der Waals surface area contributed by atoms with Crippen LogP contribution in [-0.4, -0.2) is 26.2 Å². The van der Waals surface area contributed by atoms with Crippen molar-refractivity contribution < 1.29 is 27.6 Å². The van der Waals surface area contributed by atoms with Crippen LogP contribution in [0.3, 0.4) is 0 Å². The number of rotatable bonds is 15. The van der Waals surface area contributed by atoms with Crippen molar-refractivity contribution >= 4 is 6.09 Å². The quantitative estimate of drug-likeness (QED) is 0.199. The second-order valence-corrected chi connectivity index (χ2v) is 9.62. The van der Waals surface area contributed by atoms with Crippen LogP contribution in [0.2, 0.25) is 0 Å². The van der Waals surface area contributed by atoms with Crippen molar-refractivity contribution in [1.29, 1.82) is 0 Å². The predicted octanol–water partition coefficient (Wildman–Crippen LogP) is 8.51. The van der Waals surface area contributed by atoms with Crippen molar-refractivity contribution in [2.45, 2.75) is 90.4 Å². The van der Waals surface area contributed by atoms with Crippen molar-refractivity contribution in [3.8, 4) is 11.4 Å². The molecule has 6 nitrogen and oxygen atoms in total. The maximum absolute atomic E-state index is 12.8. The van der Waals surface area contributed by atoms with Crippen LogP contribution in [0.5, 0.6) is 0 Å². The van der Waals surface area contributed by atoms with Gasteiger partial charge in [-0.1, -0.05) is 99.8 Å². The Morgan fingerprint density at radius 3 is 1.89 bits per heavy atom. The van der Waals surface area contributed by atoms with Crippen molar-refractivity contribution in [2.24, 2.45) is 0 Å². The van der Waals surface area contributed by atoms with E-state index < -0.39 is 17.8 Å². The molecule has 2 aromatic carbocycles. The molecule has 0 bridgehead atoms. The summed E-state index contributed by atoms with van der Waals surface area (Å²) in [7, 11) is 0. The maximum atomic E-state index is 12.8. The lowest BCUT2D eigenvalue weighted by molar-refractivity contribution is -0.137. The minimum absolute atomic E-state index is 0.0255. The fraction of sp³-hybridized carbons (Fsp3) is 0.483. The Hall–Kier alpha value is -3.36. The molecule has 0 radical (unpaired) electrons. The molecule has 9 heteroatoms. The van der Waals surface area contributed by atoms with E-state index in [9.17, 15) is 23.1 Å². The van der Waals surface area contributed by atoms with Gasteiger partial charge in [0.25, 0.3) is 0 Å². The predicted molar refractivity (Wildman–Crippen MR) is 139 cm³/mol. The van der Waals surface area contributed by atoms with Crippen LogP contribution >= 0.6 is 0 Å². The summed E-state index contributed by atoms with van der Waals surface area (Å²) >= 11 is 0.